The Balaban J connectivity index is 0.00000259. The van der Waals surface area contributed by atoms with E-state index in [1.165, 1.54) is 10.7 Å². The summed E-state index contributed by atoms with van der Waals surface area (Å²) < 4.78 is 66.9. The van der Waals surface area contributed by atoms with Gasteiger partial charge in [0.1, 0.15) is 0 Å². The standard InChI is InChI=1S/C21H19F5N6.H2/c1-11-14(7-17(22)23)15-6-12(8-27-18(15)30-11)13-2-5-32-16(13)9-28-19(31-32)29-10-20(3-4-20)21(24,25)26;/h2,5-6,8-9,14,17H,3-4,7,10H2,1H3,(H,29,31);1H. The number of hydrogen-bond acceptors (Lipinski definition) is 5. The fourth-order valence-corrected chi connectivity index (χ4v) is 4.10. The molecule has 0 aromatic carbocycles. The minimum absolute atomic E-state index is 0. The van der Waals surface area contributed by atoms with Crippen LogP contribution in [0.1, 0.15) is 39.1 Å². The monoisotopic (exact) mass is 452 g/mol. The van der Waals surface area contributed by atoms with Gasteiger partial charge in [0.2, 0.25) is 12.4 Å². The van der Waals surface area contributed by atoms with E-state index < -0.39 is 23.9 Å². The maximum atomic E-state index is 13.1. The van der Waals surface area contributed by atoms with Crippen LogP contribution in [-0.2, 0) is 0 Å². The second-order valence-electron chi connectivity index (χ2n) is 8.34. The summed E-state index contributed by atoms with van der Waals surface area (Å²) in [4.78, 5) is 12.8. The van der Waals surface area contributed by atoms with E-state index in [-0.39, 0.29) is 33.2 Å². The van der Waals surface area contributed by atoms with Crippen LogP contribution < -0.4 is 5.32 Å². The molecule has 11 heteroatoms. The van der Waals surface area contributed by atoms with Gasteiger partial charge in [0.25, 0.3) is 0 Å². The predicted molar refractivity (Wildman–Crippen MR) is 111 cm³/mol. The third kappa shape index (κ3) is 3.49. The molecule has 5 rings (SSSR count). The summed E-state index contributed by atoms with van der Waals surface area (Å²) in [6, 6.07) is 3.58. The number of anilines is 1. The minimum atomic E-state index is -4.25. The molecule has 0 amide bonds. The van der Waals surface area contributed by atoms with Gasteiger partial charge in [-0.15, -0.1) is 5.10 Å². The van der Waals surface area contributed by atoms with Crippen LogP contribution in [0.5, 0.6) is 0 Å². The van der Waals surface area contributed by atoms with Crippen molar-refractivity contribution in [2.75, 3.05) is 11.9 Å². The maximum absolute atomic E-state index is 13.1. The van der Waals surface area contributed by atoms with Crippen molar-refractivity contribution < 1.29 is 23.4 Å². The first kappa shape index (κ1) is 20.8. The molecule has 3 aromatic rings. The maximum Gasteiger partial charge on any atom is 0.396 e. The second-order valence-corrected chi connectivity index (χ2v) is 8.34. The average molecular weight is 452 g/mol. The van der Waals surface area contributed by atoms with E-state index in [1.54, 1.807) is 31.5 Å². The van der Waals surface area contributed by atoms with E-state index in [4.69, 9.17) is 0 Å². The molecule has 1 unspecified atom stereocenters. The smallest absolute Gasteiger partial charge is 0.352 e. The quantitative estimate of drug-likeness (QED) is 0.492. The number of aliphatic imine (C=N–C) groups is 1. The first-order valence-corrected chi connectivity index (χ1v) is 10.2. The molecule has 1 atom stereocenters. The van der Waals surface area contributed by atoms with Crippen molar-refractivity contribution in [2.24, 2.45) is 10.4 Å². The van der Waals surface area contributed by atoms with Crippen molar-refractivity contribution in [3.8, 4) is 11.1 Å². The van der Waals surface area contributed by atoms with Crippen LogP contribution >= 0.6 is 0 Å². The van der Waals surface area contributed by atoms with Gasteiger partial charge >= 0.3 is 6.18 Å². The number of alkyl halides is 5. The first-order chi connectivity index (χ1) is 15.2. The average Bonchev–Trinajstić information content (AvgIpc) is 3.34. The van der Waals surface area contributed by atoms with Crippen LogP contribution in [-0.4, -0.2) is 44.4 Å². The molecular weight excluding hydrogens is 431 g/mol. The molecule has 1 aliphatic heterocycles. The Morgan fingerprint density at radius 2 is 2.03 bits per heavy atom. The van der Waals surface area contributed by atoms with Gasteiger partial charge in [0, 0.05) is 55.1 Å². The van der Waals surface area contributed by atoms with E-state index in [0.29, 0.717) is 28.2 Å². The van der Waals surface area contributed by atoms with Gasteiger partial charge in [-0.3, -0.25) is 0 Å². The zero-order chi connectivity index (χ0) is 22.7. The normalized spacial score (nSPS) is 19.3. The van der Waals surface area contributed by atoms with Crippen LogP contribution in [0.4, 0.5) is 33.7 Å². The molecule has 0 radical (unpaired) electrons. The van der Waals surface area contributed by atoms with Gasteiger partial charge in [0.15, 0.2) is 5.82 Å². The van der Waals surface area contributed by atoms with Gasteiger partial charge in [-0.05, 0) is 31.9 Å². The number of hydrogen-bond donors (Lipinski definition) is 1. The highest BCUT2D eigenvalue weighted by atomic mass is 19.4. The van der Waals surface area contributed by atoms with Crippen LogP contribution in [0.3, 0.4) is 0 Å². The number of fused-ring (bicyclic) bond motifs is 2. The molecule has 0 saturated heterocycles. The van der Waals surface area contributed by atoms with Crippen LogP contribution in [0, 0.1) is 5.41 Å². The van der Waals surface area contributed by atoms with Gasteiger partial charge in [-0.25, -0.2) is 28.3 Å². The Hall–Kier alpha value is -3.11. The van der Waals surface area contributed by atoms with E-state index >= 15 is 0 Å². The van der Waals surface area contributed by atoms with Gasteiger partial charge < -0.3 is 5.32 Å². The number of pyridine rings is 1. The number of nitrogens with one attached hydrogen (secondary N) is 1. The summed E-state index contributed by atoms with van der Waals surface area (Å²) in [6.45, 7) is 1.45. The van der Waals surface area contributed by atoms with Gasteiger partial charge in [0.05, 0.1) is 17.1 Å². The van der Waals surface area contributed by atoms with Crippen LogP contribution in [0.25, 0.3) is 16.6 Å². The molecule has 1 saturated carbocycles. The molecule has 0 spiro atoms. The largest absolute Gasteiger partial charge is 0.396 e. The highest BCUT2D eigenvalue weighted by Gasteiger charge is 2.63. The molecule has 32 heavy (non-hydrogen) atoms. The Bertz CT molecular complexity index is 1220. The third-order valence-corrected chi connectivity index (χ3v) is 6.24. The molecule has 6 nitrogen and oxygen atoms in total. The van der Waals surface area contributed by atoms with Crippen molar-refractivity contribution in [3.05, 3.63) is 36.3 Å². The summed E-state index contributed by atoms with van der Waals surface area (Å²) >= 11 is 0. The highest BCUT2D eigenvalue weighted by molar-refractivity contribution is 5.96. The van der Waals surface area contributed by atoms with E-state index in [0.717, 1.165) is 5.56 Å². The van der Waals surface area contributed by atoms with E-state index in [1.807, 2.05) is 0 Å². The molecule has 1 fully saturated rings. The van der Waals surface area contributed by atoms with Gasteiger partial charge in [-0.2, -0.15) is 13.2 Å². The second kappa shape index (κ2) is 7.21. The van der Waals surface area contributed by atoms with Crippen molar-refractivity contribution >= 4 is 23.0 Å². The number of nitrogens with zero attached hydrogens (tertiary/aromatic N) is 5. The van der Waals surface area contributed by atoms with Crippen molar-refractivity contribution in [1.29, 1.82) is 0 Å². The Morgan fingerprint density at radius 1 is 1.25 bits per heavy atom. The molecule has 3 aromatic heterocycles. The summed E-state index contributed by atoms with van der Waals surface area (Å²) in [5.41, 5.74) is 1.63. The third-order valence-electron chi connectivity index (χ3n) is 6.24. The minimum Gasteiger partial charge on any atom is -0.352 e. The summed E-state index contributed by atoms with van der Waals surface area (Å²) in [6.07, 6.45) is -2.04. The lowest BCUT2D eigenvalue weighted by Gasteiger charge is -2.19. The van der Waals surface area contributed by atoms with Crippen molar-refractivity contribution in [3.63, 3.8) is 0 Å². The Labute approximate surface area is 181 Å². The Kier molecular flexibility index (Phi) is 4.68. The molecule has 2 aliphatic rings. The molecular formula is C21H21F5N6. The zero-order valence-electron chi connectivity index (χ0n) is 17.0. The van der Waals surface area contributed by atoms with Crippen LogP contribution in [0.15, 0.2) is 35.7 Å². The lowest BCUT2D eigenvalue weighted by molar-refractivity contribution is -0.182. The number of halogens is 5. The summed E-state index contributed by atoms with van der Waals surface area (Å²) in [5, 5.41) is 6.95. The van der Waals surface area contributed by atoms with E-state index in [9.17, 15) is 22.0 Å². The Morgan fingerprint density at radius 3 is 2.72 bits per heavy atom. The summed E-state index contributed by atoms with van der Waals surface area (Å²) in [5.74, 6) is 0.0619. The summed E-state index contributed by atoms with van der Waals surface area (Å²) in [7, 11) is 0. The van der Waals surface area contributed by atoms with E-state index in [2.05, 4.69) is 25.4 Å². The van der Waals surface area contributed by atoms with Crippen molar-refractivity contribution in [1.82, 2.24) is 19.6 Å². The topological polar surface area (TPSA) is 67.5 Å². The molecule has 0 bridgehead atoms. The fraction of sp³-hybridized carbons (Fsp3) is 0.429. The lowest BCUT2D eigenvalue weighted by Crippen LogP contribution is -2.32. The fourth-order valence-electron chi connectivity index (χ4n) is 4.10. The molecule has 170 valence electrons. The lowest BCUT2D eigenvalue weighted by atomic mass is 9.93. The zero-order valence-corrected chi connectivity index (χ0v) is 17.0. The van der Waals surface area contributed by atoms with Gasteiger partial charge in [-0.1, -0.05) is 0 Å². The molecule has 1 N–H and O–H groups in total. The molecule has 1 aliphatic carbocycles. The number of aromatic nitrogens is 4. The van der Waals surface area contributed by atoms with Crippen molar-refractivity contribution in [2.45, 2.75) is 44.7 Å². The molecule has 4 heterocycles. The predicted octanol–water partition coefficient (Wildman–Crippen LogP) is 5.64. The first-order valence-electron chi connectivity index (χ1n) is 10.2. The SMILES string of the molecule is CC1=Nc2ncc(-c3ccn4nc(NCC5(C(F)(F)F)CC5)ncc34)cc2C1CC(F)F.[HH]. The van der Waals surface area contributed by atoms with Crippen LogP contribution in [0.2, 0.25) is 0 Å². The number of rotatable bonds is 6. The highest BCUT2D eigenvalue weighted by Crippen LogP contribution is 2.57.